The number of likely N-dealkylation sites (tertiary alicyclic amines) is 1. The molecule has 2 fully saturated rings. The molecule has 0 aliphatic carbocycles. The summed E-state index contributed by atoms with van der Waals surface area (Å²) in [6.45, 7) is 4.36. The van der Waals surface area contributed by atoms with Crippen LogP contribution in [0.15, 0.2) is 0 Å². The molecule has 8 nitrogen and oxygen atoms in total. The van der Waals surface area contributed by atoms with Gasteiger partial charge in [0.05, 0.1) is 12.5 Å². The van der Waals surface area contributed by atoms with Gasteiger partial charge >= 0.3 is 17.8 Å². The third kappa shape index (κ3) is 4.20. The smallest absolute Gasteiger partial charge is 0.312 e. The number of piperidine rings is 1. The molecule has 2 saturated heterocycles. The van der Waals surface area contributed by atoms with Crippen LogP contribution in [0.1, 0.15) is 19.8 Å². The summed E-state index contributed by atoms with van der Waals surface area (Å²) in [7, 11) is 0. The van der Waals surface area contributed by atoms with Crippen molar-refractivity contribution in [1.29, 1.82) is 0 Å². The zero-order valence-electron chi connectivity index (χ0n) is 13.4. The average molecular weight is 325 g/mol. The van der Waals surface area contributed by atoms with Crippen molar-refractivity contribution < 1.29 is 23.9 Å². The number of ether oxygens (including phenoxy) is 1. The van der Waals surface area contributed by atoms with E-state index in [2.05, 4.69) is 0 Å². The number of amides is 3. The van der Waals surface area contributed by atoms with Gasteiger partial charge in [-0.2, -0.15) is 0 Å². The van der Waals surface area contributed by atoms with Gasteiger partial charge in [-0.15, -0.1) is 0 Å². The largest absolute Gasteiger partial charge is 0.466 e. The van der Waals surface area contributed by atoms with E-state index in [-0.39, 0.29) is 18.4 Å². The Balaban J connectivity index is 1.90. The molecule has 0 bridgehead atoms. The van der Waals surface area contributed by atoms with Crippen LogP contribution in [0.25, 0.3) is 0 Å². The second-order valence-electron chi connectivity index (χ2n) is 5.78. The molecule has 0 aromatic rings. The number of rotatable bonds is 3. The van der Waals surface area contributed by atoms with Gasteiger partial charge in [-0.25, -0.2) is 0 Å². The highest BCUT2D eigenvalue weighted by Gasteiger charge is 2.34. The van der Waals surface area contributed by atoms with Crippen LogP contribution in [0.5, 0.6) is 0 Å². The van der Waals surface area contributed by atoms with Crippen molar-refractivity contribution in [3.63, 3.8) is 0 Å². The minimum atomic E-state index is -0.571. The van der Waals surface area contributed by atoms with Crippen LogP contribution in [0, 0.1) is 5.92 Å². The molecule has 8 heteroatoms. The first-order valence-corrected chi connectivity index (χ1v) is 8.01. The van der Waals surface area contributed by atoms with Crippen LogP contribution in [-0.2, 0) is 23.9 Å². The van der Waals surface area contributed by atoms with Crippen LogP contribution in [0.2, 0.25) is 0 Å². The summed E-state index contributed by atoms with van der Waals surface area (Å²) in [4.78, 5) is 51.7. The van der Waals surface area contributed by atoms with E-state index < -0.39 is 11.8 Å². The quantitative estimate of drug-likeness (QED) is 0.381. The standard InChI is InChI=1S/C15H23N3O5/c1-2-23-15(22)12-4-3-5-18(10-12)14(21)13(20)17-8-6-16(11-19)7-9-17/h11-12H,2-10H2,1H3. The Morgan fingerprint density at radius 1 is 1.04 bits per heavy atom. The third-order valence-corrected chi connectivity index (χ3v) is 4.26. The summed E-state index contributed by atoms with van der Waals surface area (Å²) in [5.74, 6) is -1.79. The van der Waals surface area contributed by atoms with Gasteiger partial charge in [-0.05, 0) is 19.8 Å². The molecule has 23 heavy (non-hydrogen) atoms. The molecule has 3 amide bonds. The molecule has 0 radical (unpaired) electrons. The first-order chi connectivity index (χ1) is 11.1. The van der Waals surface area contributed by atoms with Crippen molar-refractivity contribution in [2.45, 2.75) is 19.8 Å². The first-order valence-electron chi connectivity index (χ1n) is 8.01. The van der Waals surface area contributed by atoms with Gasteiger partial charge in [0.1, 0.15) is 0 Å². The first kappa shape index (κ1) is 17.2. The summed E-state index contributed by atoms with van der Waals surface area (Å²) in [5.41, 5.74) is 0. The molecule has 0 spiro atoms. The lowest BCUT2D eigenvalue weighted by Crippen LogP contribution is -2.54. The fourth-order valence-corrected chi connectivity index (χ4v) is 2.92. The van der Waals surface area contributed by atoms with E-state index in [9.17, 15) is 19.2 Å². The predicted octanol–water partition coefficient (Wildman–Crippen LogP) is -0.911. The minimum absolute atomic E-state index is 0.234. The summed E-state index contributed by atoms with van der Waals surface area (Å²) in [6, 6.07) is 0. The SMILES string of the molecule is CCOC(=O)C1CCCN(C(=O)C(=O)N2CCN(C=O)CC2)C1. The molecule has 0 saturated carbocycles. The van der Waals surface area contributed by atoms with Gasteiger partial charge in [0.25, 0.3) is 0 Å². The van der Waals surface area contributed by atoms with Crippen LogP contribution in [0.4, 0.5) is 0 Å². The fraction of sp³-hybridized carbons (Fsp3) is 0.733. The van der Waals surface area contributed by atoms with E-state index in [0.29, 0.717) is 52.2 Å². The van der Waals surface area contributed by atoms with Crippen LogP contribution < -0.4 is 0 Å². The van der Waals surface area contributed by atoms with E-state index >= 15 is 0 Å². The van der Waals surface area contributed by atoms with Crippen molar-refractivity contribution in [2.24, 2.45) is 5.92 Å². The van der Waals surface area contributed by atoms with Crippen molar-refractivity contribution in [2.75, 3.05) is 45.9 Å². The van der Waals surface area contributed by atoms with Gasteiger partial charge in [0.2, 0.25) is 6.41 Å². The van der Waals surface area contributed by atoms with Crippen molar-refractivity contribution in [3.05, 3.63) is 0 Å². The lowest BCUT2D eigenvalue weighted by molar-refractivity contribution is -0.157. The number of carbonyl (C=O) groups excluding carboxylic acids is 4. The average Bonchev–Trinajstić information content (AvgIpc) is 2.61. The molecule has 0 aromatic heterocycles. The predicted molar refractivity (Wildman–Crippen MR) is 80.2 cm³/mol. The Morgan fingerprint density at radius 2 is 1.70 bits per heavy atom. The van der Waals surface area contributed by atoms with E-state index in [1.165, 1.54) is 9.80 Å². The maximum atomic E-state index is 12.4. The third-order valence-electron chi connectivity index (χ3n) is 4.26. The summed E-state index contributed by atoms with van der Waals surface area (Å²) < 4.78 is 5.00. The maximum Gasteiger partial charge on any atom is 0.312 e. The number of carbonyl (C=O) groups is 4. The molecule has 1 unspecified atom stereocenters. The minimum Gasteiger partial charge on any atom is -0.466 e. The maximum absolute atomic E-state index is 12.4. The normalized spacial score (nSPS) is 21.8. The highest BCUT2D eigenvalue weighted by molar-refractivity contribution is 6.35. The zero-order chi connectivity index (χ0) is 16.8. The van der Waals surface area contributed by atoms with Gasteiger partial charge in [-0.3, -0.25) is 19.2 Å². The van der Waals surface area contributed by atoms with Crippen molar-refractivity contribution >= 4 is 24.2 Å². The molecular formula is C15H23N3O5. The Hall–Kier alpha value is -2.12. The van der Waals surface area contributed by atoms with Gasteiger partial charge in [0, 0.05) is 39.3 Å². The molecule has 2 rings (SSSR count). The molecule has 2 aliphatic heterocycles. The molecule has 1 atom stereocenters. The van der Waals surface area contributed by atoms with Crippen LogP contribution >= 0.6 is 0 Å². The highest BCUT2D eigenvalue weighted by Crippen LogP contribution is 2.18. The highest BCUT2D eigenvalue weighted by atomic mass is 16.5. The Bertz CT molecular complexity index is 474. The number of piperazine rings is 1. The van der Waals surface area contributed by atoms with Crippen molar-refractivity contribution in [3.8, 4) is 0 Å². The molecule has 128 valence electrons. The molecular weight excluding hydrogens is 302 g/mol. The Labute approximate surface area is 135 Å². The second-order valence-corrected chi connectivity index (χ2v) is 5.78. The summed E-state index contributed by atoms with van der Waals surface area (Å²) in [6.07, 6.45) is 2.11. The lowest BCUT2D eigenvalue weighted by atomic mass is 9.98. The van der Waals surface area contributed by atoms with E-state index in [4.69, 9.17) is 4.74 Å². The lowest BCUT2D eigenvalue weighted by Gasteiger charge is -2.35. The molecule has 2 aliphatic rings. The van der Waals surface area contributed by atoms with E-state index in [0.717, 1.165) is 6.41 Å². The molecule has 0 aromatic carbocycles. The van der Waals surface area contributed by atoms with E-state index in [1.807, 2.05) is 0 Å². The van der Waals surface area contributed by atoms with Crippen molar-refractivity contribution in [1.82, 2.24) is 14.7 Å². The van der Waals surface area contributed by atoms with Crippen LogP contribution in [0.3, 0.4) is 0 Å². The number of hydrogen-bond acceptors (Lipinski definition) is 5. The monoisotopic (exact) mass is 325 g/mol. The molecule has 2 heterocycles. The van der Waals surface area contributed by atoms with E-state index in [1.54, 1.807) is 11.8 Å². The van der Waals surface area contributed by atoms with Gasteiger partial charge < -0.3 is 19.4 Å². The number of esters is 1. The van der Waals surface area contributed by atoms with Gasteiger partial charge in [-0.1, -0.05) is 0 Å². The topological polar surface area (TPSA) is 87.2 Å². The zero-order valence-corrected chi connectivity index (χ0v) is 13.4. The van der Waals surface area contributed by atoms with Gasteiger partial charge in [0.15, 0.2) is 0 Å². The Kier molecular flexibility index (Phi) is 5.95. The fourth-order valence-electron chi connectivity index (χ4n) is 2.92. The number of hydrogen-bond donors (Lipinski definition) is 0. The Morgan fingerprint density at radius 3 is 2.30 bits per heavy atom. The van der Waals surface area contributed by atoms with Crippen LogP contribution in [-0.4, -0.2) is 84.8 Å². The molecule has 0 N–H and O–H groups in total. The summed E-state index contributed by atoms with van der Waals surface area (Å²) >= 11 is 0. The number of nitrogens with zero attached hydrogens (tertiary/aromatic N) is 3. The summed E-state index contributed by atoms with van der Waals surface area (Å²) in [5, 5.41) is 0. The second kappa shape index (κ2) is 7.94.